The largest absolute Gasteiger partial charge is 0.340 e. The summed E-state index contributed by atoms with van der Waals surface area (Å²) in [5, 5.41) is 4.36. The molecule has 1 aliphatic rings. The van der Waals surface area contributed by atoms with E-state index in [9.17, 15) is 4.79 Å². The molecular formula is C15H25N3O. The van der Waals surface area contributed by atoms with Crippen LogP contribution in [0.2, 0.25) is 0 Å². The van der Waals surface area contributed by atoms with E-state index in [2.05, 4.69) is 32.1 Å². The Balaban J connectivity index is 1.86. The van der Waals surface area contributed by atoms with Gasteiger partial charge >= 0.3 is 0 Å². The molecule has 0 aromatic carbocycles. The van der Waals surface area contributed by atoms with Gasteiger partial charge in [0.1, 0.15) is 0 Å². The second-order valence-electron chi connectivity index (χ2n) is 6.84. The van der Waals surface area contributed by atoms with Crippen LogP contribution in [0.4, 0.5) is 0 Å². The molecule has 4 nitrogen and oxygen atoms in total. The maximum atomic E-state index is 12.2. The van der Waals surface area contributed by atoms with Gasteiger partial charge < -0.3 is 4.90 Å². The highest BCUT2D eigenvalue weighted by Crippen LogP contribution is 2.25. The fourth-order valence-corrected chi connectivity index (χ4v) is 2.46. The van der Waals surface area contributed by atoms with Crippen molar-refractivity contribution in [2.45, 2.75) is 53.0 Å². The quantitative estimate of drug-likeness (QED) is 0.841. The summed E-state index contributed by atoms with van der Waals surface area (Å²) in [7, 11) is 0. The number of carbonyl (C=O) groups excluding carboxylic acids is 1. The molecule has 1 unspecified atom stereocenters. The van der Waals surface area contributed by atoms with E-state index in [1.54, 1.807) is 0 Å². The van der Waals surface area contributed by atoms with Crippen LogP contribution in [0, 0.1) is 12.3 Å². The van der Waals surface area contributed by atoms with Crippen molar-refractivity contribution in [3.05, 3.63) is 18.0 Å². The van der Waals surface area contributed by atoms with Gasteiger partial charge in [0.15, 0.2) is 0 Å². The molecule has 4 heteroatoms. The third-order valence-electron chi connectivity index (χ3n) is 3.71. The molecule has 2 heterocycles. The maximum Gasteiger partial charge on any atom is 0.222 e. The molecule has 1 fully saturated rings. The zero-order valence-electron chi connectivity index (χ0n) is 12.5. The number of carbonyl (C=O) groups is 1. The summed E-state index contributed by atoms with van der Waals surface area (Å²) in [5.41, 5.74) is 1.41. The molecule has 1 aromatic heterocycles. The number of rotatable bonds is 3. The first-order valence-electron chi connectivity index (χ1n) is 7.14. The lowest BCUT2D eigenvalue weighted by Gasteiger charge is -2.21. The minimum atomic E-state index is 0.230. The Morgan fingerprint density at radius 3 is 2.79 bits per heavy atom. The van der Waals surface area contributed by atoms with Gasteiger partial charge in [-0.05, 0) is 30.7 Å². The van der Waals surface area contributed by atoms with E-state index in [1.807, 2.05) is 22.7 Å². The predicted octanol–water partition coefficient (Wildman–Crippen LogP) is 2.79. The van der Waals surface area contributed by atoms with Crippen LogP contribution in [-0.2, 0) is 4.79 Å². The van der Waals surface area contributed by atoms with Gasteiger partial charge in [-0.3, -0.25) is 9.48 Å². The molecule has 2 rings (SSSR count). The number of hydrogen-bond acceptors (Lipinski definition) is 2. The summed E-state index contributed by atoms with van der Waals surface area (Å²) in [6, 6.07) is 0.354. The normalized spacial score (nSPS) is 20.0. The fraction of sp³-hybridized carbons (Fsp3) is 0.733. The molecule has 1 aliphatic heterocycles. The number of amides is 1. The molecule has 1 atom stereocenters. The Morgan fingerprint density at radius 2 is 2.21 bits per heavy atom. The minimum Gasteiger partial charge on any atom is -0.340 e. The van der Waals surface area contributed by atoms with Crippen molar-refractivity contribution in [1.82, 2.24) is 14.7 Å². The summed E-state index contributed by atoms with van der Waals surface area (Å²) in [6.07, 6.45) is 6.57. The van der Waals surface area contributed by atoms with E-state index in [0.29, 0.717) is 18.4 Å². The second-order valence-corrected chi connectivity index (χ2v) is 6.84. The molecule has 19 heavy (non-hydrogen) atoms. The van der Waals surface area contributed by atoms with E-state index >= 15 is 0 Å². The molecule has 106 valence electrons. The second kappa shape index (κ2) is 5.35. The van der Waals surface area contributed by atoms with Crippen LogP contribution in [0.15, 0.2) is 12.4 Å². The van der Waals surface area contributed by atoms with Gasteiger partial charge in [-0.2, -0.15) is 5.10 Å². The van der Waals surface area contributed by atoms with Gasteiger partial charge in [0.2, 0.25) is 5.91 Å². The van der Waals surface area contributed by atoms with Crippen molar-refractivity contribution in [1.29, 1.82) is 0 Å². The Hall–Kier alpha value is -1.32. The first kappa shape index (κ1) is 14.1. The zero-order valence-corrected chi connectivity index (χ0v) is 12.5. The predicted molar refractivity (Wildman–Crippen MR) is 75.9 cm³/mol. The summed E-state index contributed by atoms with van der Waals surface area (Å²) in [5.74, 6) is 0.293. The third-order valence-corrected chi connectivity index (χ3v) is 3.71. The van der Waals surface area contributed by atoms with Gasteiger partial charge in [-0.25, -0.2) is 0 Å². The first-order chi connectivity index (χ1) is 8.85. The third kappa shape index (κ3) is 3.82. The Morgan fingerprint density at radius 1 is 1.47 bits per heavy atom. The lowest BCUT2D eigenvalue weighted by Crippen LogP contribution is -2.29. The zero-order chi connectivity index (χ0) is 14.0. The number of aryl methyl sites for hydroxylation is 1. The van der Waals surface area contributed by atoms with Crippen molar-refractivity contribution in [2.75, 3.05) is 13.1 Å². The summed E-state index contributed by atoms with van der Waals surface area (Å²) < 4.78 is 2.01. The monoisotopic (exact) mass is 263 g/mol. The van der Waals surface area contributed by atoms with Crippen LogP contribution < -0.4 is 0 Å². The van der Waals surface area contributed by atoms with E-state index in [-0.39, 0.29) is 5.41 Å². The number of nitrogens with zero attached hydrogens (tertiary/aromatic N) is 3. The van der Waals surface area contributed by atoms with Crippen molar-refractivity contribution < 1.29 is 4.79 Å². The van der Waals surface area contributed by atoms with E-state index in [1.165, 1.54) is 5.56 Å². The molecule has 0 bridgehead atoms. The Bertz CT molecular complexity index is 444. The topological polar surface area (TPSA) is 38.1 Å². The van der Waals surface area contributed by atoms with Crippen LogP contribution in [0.1, 0.15) is 51.6 Å². The summed E-state index contributed by atoms with van der Waals surface area (Å²) >= 11 is 0. The smallest absolute Gasteiger partial charge is 0.222 e. The van der Waals surface area contributed by atoms with Crippen LogP contribution in [0.3, 0.4) is 0 Å². The highest BCUT2D eigenvalue weighted by molar-refractivity contribution is 5.76. The van der Waals surface area contributed by atoms with Gasteiger partial charge in [0.05, 0.1) is 12.2 Å². The molecule has 0 radical (unpaired) electrons. The van der Waals surface area contributed by atoms with Crippen LogP contribution >= 0.6 is 0 Å². The lowest BCUT2D eigenvalue weighted by atomic mass is 9.90. The van der Waals surface area contributed by atoms with Gasteiger partial charge in [0.25, 0.3) is 0 Å². The average Bonchev–Trinajstić information content (AvgIpc) is 2.93. The minimum absolute atomic E-state index is 0.230. The summed E-state index contributed by atoms with van der Waals surface area (Å²) in [4.78, 5) is 14.2. The highest BCUT2D eigenvalue weighted by atomic mass is 16.2. The molecule has 0 saturated carbocycles. The molecular weight excluding hydrogens is 238 g/mol. The van der Waals surface area contributed by atoms with Crippen molar-refractivity contribution in [3.63, 3.8) is 0 Å². The first-order valence-corrected chi connectivity index (χ1v) is 7.14. The number of likely N-dealkylation sites (tertiary alicyclic amines) is 1. The van der Waals surface area contributed by atoms with Crippen molar-refractivity contribution in [2.24, 2.45) is 5.41 Å². The summed E-state index contributed by atoms with van der Waals surface area (Å²) in [6.45, 7) is 10.3. The van der Waals surface area contributed by atoms with Gasteiger partial charge in [0, 0.05) is 25.7 Å². The van der Waals surface area contributed by atoms with Gasteiger partial charge in [-0.15, -0.1) is 0 Å². The van der Waals surface area contributed by atoms with E-state index in [0.717, 1.165) is 25.9 Å². The number of hydrogen-bond donors (Lipinski definition) is 0. The molecule has 0 spiro atoms. The van der Waals surface area contributed by atoms with Crippen molar-refractivity contribution >= 4 is 5.91 Å². The molecule has 1 amide bonds. The average molecular weight is 263 g/mol. The standard InChI is InChI=1S/C15H25N3O/c1-12-9-16-18(10-12)13-6-8-17(11-13)14(19)5-7-15(2,3)4/h9-10,13H,5-8,11H2,1-4H3. The van der Waals surface area contributed by atoms with Crippen LogP contribution in [-0.4, -0.2) is 33.7 Å². The fourth-order valence-electron chi connectivity index (χ4n) is 2.46. The highest BCUT2D eigenvalue weighted by Gasteiger charge is 2.28. The molecule has 1 aromatic rings. The van der Waals surface area contributed by atoms with Crippen molar-refractivity contribution in [3.8, 4) is 0 Å². The Kier molecular flexibility index (Phi) is 3.97. The van der Waals surface area contributed by atoms with Gasteiger partial charge in [-0.1, -0.05) is 20.8 Å². The van der Waals surface area contributed by atoms with E-state index in [4.69, 9.17) is 0 Å². The van der Waals surface area contributed by atoms with E-state index < -0.39 is 0 Å². The Labute approximate surface area is 115 Å². The number of aromatic nitrogens is 2. The molecule has 0 N–H and O–H groups in total. The lowest BCUT2D eigenvalue weighted by molar-refractivity contribution is -0.130. The molecule has 0 aliphatic carbocycles. The SMILES string of the molecule is Cc1cnn(C2CCN(C(=O)CCC(C)(C)C)C2)c1. The van der Waals surface area contributed by atoms with Crippen LogP contribution in [0.25, 0.3) is 0 Å². The maximum absolute atomic E-state index is 12.2. The van der Waals surface area contributed by atoms with Crippen LogP contribution in [0.5, 0.6) is 0 Å². The molecule has 1 saturated heterocycles.